The molecule has 5 heteroatoms. The Bertz CT molecular complexity index is 528. The van der Waals surface area contributed by atoms with Gasteiger partial charge in [0.1, 0.15) is 0 Å². The van der Waals surface area contributed by atoms with E-state index in [-0.39, 0.29) is 6.03 Å². The number of amides is 2. The number of hydrogen-bond acceptors (Lipinski definition) is 2. The van der Waals surface area contributed by atoms with Crippen molar-refractivity contribution in [1.29, 1.82) is 0 Å². The van der Waals surface area contributed by atoms with Crippen molar-refractivity contribution in [2.24, 2.45) is 0 Å². The average molecular weight is 322 g/mol. The largest absolute Gasteiger partial charge is 0.323 e. The molecule has 0 bridgehead atoms. The normalized spacial score (nSPS) is 20.9. The number of benzene rings is 1. The Kier molecular flexibility index (Phi) is 4.89. The number of hydrogen-bond donors (Lipinski definition) is 0. The molecule has 3 rings (SSSR count). The summed E-state index contributed by atoms with van der Waals surface area (Å²) in [6.07, 6.45) is 2.15. The molecule has 0 aromatic heterocycles. The van der Waals surface area contributed by atoms with Crippen molar-refractivity contribution in [3.8, 4) is 0 Å². The van der Waals surface area contributed by atoms with E-state index in [4.69, 9.17) is 11.6 Å². The quantitative estimate of drug-likeness (QED) is 0.852. The third-order valence-corrected chi connectivity index (χ3v) is 5.04. The predicted molar refractivity (Wildman–Crippen MR) is 89.1 cm³/mol. The van der Waals surface area contributed by atoms with E-state index in [0.29, 0.717) is 6.04 Å². The summed E-state index contributed by atoms with van der Waals surface area (Å²) in [5.41, 5.74) is 1.26. The second kappa shape index (κ2) is 6.88. The molecule has 22 heavy (non-hydrogen) atoms. The number of nitrogens with zero attached hydrogens (tertiary/aromatic N) is 3. The van der Waals surface area contributed by atoms with Crippen LogP contribution in [0.3, 0.4) is 0 Å². The number of carbonyl (C=O) groups is 1. The third kappa shape index (κ3) is 3.39. The number of carbonyl (C=O) groups excluding carboxylic acids is 1. The molecule has 0 aliphatic carbocycles. The average Bonchev–Trinajstić information content (AvgIpc) is 2.89. The zero-order valence-corrected chi connectivity index (χ0v) is 13.9. The van der Waals surface area contributed by atoms with Gasteiger partial charge in [-0.3, -0.25) is 4.90 Å². The van der Waals surface area contributed by atoms with E-state index >= 15 is 0 Å². The number of urea groups is 1. The lowest BCUT2D eigenvalue weighted by molar-refractivity contribution is 0.126. The SMILES string of the molecule is CCN1CCN(C2CCN(Cc3cccc(Cl)c3)CC2)C1=O. The van der Waals surface area contributed by atoms with E-state index in [0.717, 1.165) is 57.1 Å². The fourth-order valence-electron chi connectivity index (χ4n) is 3.52. The lowest BCUT2D eigenvalue weighted by Gasteiger charge is -2.36. The van der Waals surface area contributed by atoms with Gasteiger partial charge in [-0.25, -0.2) is 4.79 Å². The lowest BCUT2D eigenvalue weighted by Crippen LogP contribution is -2.46. The number of rotatable bonds is 4. The first-order chi connectivity index (χ1) is 10.7. The molecule has 4 nitrogen and oxygen atoms in total. The number of halogens is 1. The maximum Gasteiger partial charge on any atom is 0.320 e. The maximum absolute atomic E-state index is 12.3. The van der Waals surface area contributed by atoms with Crippen molar-refractivity contribution in [3.05, 3.63) is 34.9 Å². The van der Waals surface area contributed by atoms with Crippen LogP contribution in [0.25, 0.3) is 0 Å². The monoisotopic (exact) mass is 321 g/mol. The molecule has 0 radical (unpaired) electrons. The van der Waals surface area contributed by atoms with Crippen LogP contribution in [0.4, 0.5) is 4.79 Å². The van der Waals surface area contributed by atoms with Gasteiger partial charge in [-0.15, -0.1) is 0 Å². The summed E-state index contributed by atoms with van der Waals surface area (Å²) < 4.78 is 0. The van der Waals surface area contributed by atoms with Crippen LogP contribution in [0.2, 0.25) is 5.02 Å². The summed E-state index contributed by atoms with van der Waals surface area (Å²) in [4.78, 5) is 18.8. The van der Waals surface area contributed by atoms with Crippen molar-refractivity contribution in [2.75, 3.05) is 32.7 Å². The van der Waals surface area contributed by atoms with Crippen LogP contribution in [-0.2, 0) is 6.54 Å². The number of piperidine rings is 1. The summed E-state index contributed by atoms with van der Waals surface area (Å²) in [6, 6.07) is 8.73. The highest BCUT2D eigenvalue weighted by molar-refractivity contribution is 6.30. The molecule has 2 heterocycles. The minimum absolute atomic E-state index is 0.232. The number of likely N-dealkylation sites (N-methyl/N-ethyl adjacent to an activating group) is 1. The molecule has 1 aromatic rings. The minimum atomic E-state index is 0.232. The van der Waals surface area contributed by atoms with Crippen LogP contribution >= 0.6 is 11.6 Å². The molecule has 2 saturated heterocycles. The highest BCUT2D eigenvalue weighted by Gasteiger charge is 2.34. The second-order valence-corrected chi connectivity index (χ2v) is 6.63. The third-order valence-electron chi connectivity index (χ3n) is 4.80. The summed E-state index contributed by atoms with van der Waals surface area (Å²) >= 11 is 6.05. The molecule has 2 aliphatic heterocycles. The standard InChI is InChI=1S/C17H24ClN3O/c1-2-20-10-11-21(17(20)22)16-6-8-19(9-7-16)13-14-4-3-5-15(18)12-14/h3-5,12,16H,2,6-11,13H2,1H3. The van der Waals surface area contributed by atoms with Crippen LogP contribution in [-0.4, -0.2) is 59.5 Å². The van der Waals surface area contributed by atoms with E-state index < -0.39 is 0 Å². The van der Waals surface area contributed by atoms with Crippen LogP contribution in [0.15, 0.2) is 24.3 Å². The fraction of sp³-hybridized carbons (Fsp3) is 0.588. The van der Waals surface area contributed by atoms with E-state index in [2.05, 4.69) is 22.8 Å². The molecule has 0 saturated carbocycles. The second-order valence-electron chi connectivity index (χ2n) is 6.19. The summed E-state index contributed by atoms with van der Waals surface area (Å²) in [5.74, 6) is 0. The first-order valence-electron chi connectivity index (χ1n) is 8.19. The van der Waals surface area contributed by atoms with Crippen molar-refractivity contribution in [3.63, 3.8) is 0 Å². The van der Waals surface area contributed by atoms with Gasteiger partial charge in [0.25, 0.3) is 0 Å². The summed E-state index contributed by atoms with van der Waals surface area (Å²) in [6.45, 7) is 7.70. The van der Waals surface area contributed by atoms with Crippen LogP contribution in [0.5, 0.6) is 0 Å². The van der Waals surface area contributed by atoms with Crippen molar-refractivity contribution < 1.29 is 4.79 Å². The topological polar surface area (TPSA) is 26.8 Å². The summed E-state index contributed by atoms with van der Waals surface area (Å²) in [7, 11) is 0. The summed E-state index contributed by atoms with van der Waals surface area (Å²) in [5, 5.41) is 0.801. The molecule has 0 N–H and O–H groups in total. The van der Waals surface area contributed by atoms with E-state index in [1.165, 1.54) is 5.56 Å². The maximum atomic E-state index is 12.3. The lowest BCUT2D eigenvalue weighted by atomic mass is 10.0. The zero-order valence-electron chi connectivity index (χ0n) is 13.2. The van der Waals surface area contributed by atoms with Gasteiger partial charge in [0, 0.05) is 50.3 Å². The van der Waals surface area contributed by atoms with Crippen molar-refractivity contribution >= 4 is 17.6 Å². The predicted octanol–water partition coefficient (Wildman–Crippen LogP) is 3.06. The van der Waals surface area contributed by atoms with E-state index in [1.807, 2.05) is 23.1 Å². The van der Waals surface area contributed by atoms with Gasteiger partial charge < -0.3 is 9.80 Å². The molecule has 0 spiro atoms. The fourth-order valence-corrected chi connectivity index (χ4v) is 3.73. The van der Waals surface area contributed by atoms with Gasteiger partial charge in [0.05, 0.1) is 0 Å². The van der Waals surface area contributed by atoms with E-state index in [9.17, 15) is 4.79 Å². The van der Waals surface area contributed by atoms with Crippen LogP contribution < -0.4 is 0 Å². The van der Waals surface area contributed by atoms with Gasteiger partial charge in [-0.1, -0.05) is 23.7 Å². The van der Waals surface area contributed by atoms with E-state index in [1.54, 1.807) is 0 Å². The highest BCUT2D eigenvalue weighted by atomic mass is 35.5. The first-order valence-corrected chi connectivity index (χ1v) is 8.57. The Morgan fingerprint density at radius 1 is 1.18 bits per heavy atom. The molecule has 2 fully saturated rings. The molecular weight excluding hydrogens is 298 g/mol. The Balaban J connectivity index is 1.51. The highest BCUT2D eigenvalue weighted by Crippen LogP contribution is 2.22. The van der Waals surface area contributed by atoms with Gasteiger partial charge in [-0.2, -0.15) is 0 Å². The van der Waals surface area contributed by atoms with Crippen molar-refractivity contribution in [2.45, 2.75) is 32.4 Å². The first kappa shape index (κ1) is 15.6. The minimum Gasteiger partial charge on any atom is -0.323 e. The van der Waals surface area contributed by atoms with Gasteiger partial charge in [0.15, 0.2) is 0 Å². The smallest absolute Gasteiger partial charge is 0.320 e. The van der Waals surface area contributed by atoms with Gasteiger partial charge >= 0.3 is 6.03 Å². The van der Waals surface area contributed by atoms with Gasteiger partial charge in [0.2, 0.25) is 0 Å². The molecule has 120 valence electrons. The molecule has 0 atom stereocenters. The van der Waals surface area contributed by atoms with Crippen LogP contribution in [0, 0.1) is 0 Å². The Morgan fingerprint density at radius 2 is 1.95 bits per heavy atom. The number of likely N-dealkylation sites (tertiary alicyclic amines) is 1. The molecule has 2 amide bonds. The molecular formula is C17H24ClN3O. The molecule has 2 aliphatic rings. The Morgan fingerprint density at radius 3 is 2.59 bits per heavy atom. The van der Waals surface area contributed by atoms with Gasteiger partial charge in [-0.05, 0) is 37.5 Å². The Hall–Kier alpha value is -1.26. The molecule has 0 unspecified atom stereocenters. The molecule has 1 aromatic carbocycles. The van der Waals surface area contributed by atoms with Crippen molar-refractivity contribution in [1.82, 2.24) is 14.7 Å². The van der Waals surface area contributed by atoms with Crippen LogP contribution in [0.1, 0.15) is 25.3 Å². The zero-order chi connectivity index (χ0) is 15.5. The Labute approximate surface area is 137 Å².